The van der Waals surface area contributed by atoms with Crippen molar-refractivity contribution in [3.8, 4) is 45.3 Å². The van der Waals surface area contributed by atoms with E-state index in [1.807, 2.05) is 97.2 Å². The second-order valence-electron chi connectivity index (χ2n) is 10.3. The van der Waals surface area contributed by atoms with E-state index in [2.05, 4.69) is 35.3 Å². The average Bonchev–Trinajstić information content (AvgIpc) is 3.09. The number of hydrogen-bond acceptors (Lipinski definition) is 5. The van der Waals surface area contributed by atoms with E-state index >= 15 is 0 Å². The van der Waals surface area contributed by atoms with Gasteiger partial charge in [-0.1, -0.05) is 103 Å². The van der Waals surface area contributed by atoms with Crippen LogP contribution >= 0.6 is 11.6 Å². The van der Waals surface area contributed by atoms with Crippen molar-refractivity contribution in [2.75, 3.05) is 0 Å². The van der Waals surface area contributed by atoms with Crippen LogP contribution in [0.5, 0.6) is 0 Å². The van der Waals surface area contributed by atoms with Gasteiger partial charge in [-0.3, -0.25) is 9.97 Å². The Morgan fingerprint density at radius 2 is 0.907 bits per heavy atom. The Balaban J connectivity index is 1.35. The van der Waals surface area contributed by atoms with Gasteiger partial charge in [-0.05, 0) is 46.7 Å². The third-order valence-electron chi connectivity index (χ3n) is 7.66. The second kappa shape index (κ2) is 10.4. The topological polar surface area (TPSA) is 64.5 Å². The molecule has 0 fully saturated rings. The quantitative estimate of drug-likeness (QED) is 0.197. The fourth-order valence-corrected chi connectivity index (χ4v) is 5.90. The first-order valence-electron chi connectivity index (χ1n) is 14.0. The van der Waals surface area contributed by atoms with Crippen molar-refractivity contribution >= 4 is 44.2 Å². The molecule has 3 aromatic heterocycles. The van der Waals surface area contributed by atoms with E-state index in [4.69, 9.17) is 31.5 Å². The Kier molecular flexibility index (Phi) is 6.09. The molecule has 0 aliphatic rings. The molecule has 0 saturated heterocycles. The minimum Gasteiger partial charge on any atom is -0.256 e. The molecule has 0 N–H and O–H groups in total. The van der Waals surface area contributed by atoms with Crippen molar-refractivity contribution < 1.29 is 0 Å². The Morgan fingerprint density at radius 1 is 0.395 bits per heavy atom. The number of aromatic nitrogens is 5. The van der Waals surface area contributed by atoms with E-state index in [0.717, 1.165) is 60.4 Å². The molecule has 43 heavy (non-hydrogen) atoms. The van der Waals surface area contributed by atoms with Gasteiger partial charge in [-0.25, -0.2) is 15.0 Å². The zero-order chi connectivity index (χ0) is 28.8. The van der Waals surface area contributed by atoms with Crippen LogP contribution in [0.2, 0.25) is 5.02 Å². The van der Waals surface area contributed by atoms with Crippen molar-refractivity contribution in [1.82, 2.24) is 24.9 Å². The van der Waals surface area contributed by atoms with Crippen LogP contribution in [0.3, 0.4) is 0 Å². The lowest BCUT2D eigenvalue weighted by Gasteiger charge is -2.14. The molecule has 8 aromatic rings. The molecule has 0 amide bonds. The summed E-state index contributed by atoms with van der Waals surface area (Å²) < 4.78 is 0. The van der Waals surface area contributed by atoms with Crippen LogP contribution in [0.25, 0.3) is 77.9 Å². The molecule has 0 bridgehead atoms. The zero-order valence-corrected chi connectivity index (χ0v) is 23.6. The highest BCUT2D eigenvalue weighted by molar-refractivity contribution is 6.38. The Labute approximate surface area is 252 Å². The minimum atomic E-state index is 0.606. The predicted molar refractivity (Wildman–Crippen MR) is 175 cm³/mol. The Bertz CT molecular complexity index is 2250. The maximum atomic E-state index is 6.69. The molecule has 3 heterocycles. The maximum absolute atomic E-state index is 6.69. The van der Waals surface area contributed by atoms with Gasteiger partial charge in [0.15, 0.2) is 17.5 Å². The van der Waals surface area contributed by atoms with Crippen molar-refractivity contribution in [3.05, 3.63) is 139 Å². The number of pyridine rings is 2. The van der Waals surface area contributed by atoms with E-state index in [0.29, 0.717) is 22.5 Å². The van der Waals surface area contributed by atoms with Gasteiger partial charge in [0.25, 0.3) is 0 Å². The molecule has 0 saturated carbocycles. The van der Waals surface area contributed by atoms with Crippen LogP contribution in [-0.2, 0) is 0 Å². The average molecular weight is 572 g/mol. The van der Waals surface area contributed by atoms with Crippen molar-refractivity contribution in [3.63, 3.8) is 0 Å². The highest BCUT2D eigenvalue weighted by Gasteiger charge is 2.16. The normalized spacial score (nSPS) is 11.4. The van der Waals surface area contributed by atoms with Crippen molar-refractivity contribution in [2.45, 2.75) is 0 Å². The maximum Gasteiger partial charge on any atom is 0.164 e. The Hall–Kier alpha value is -5.52. The van der Waals surface area contributed by atoms with Crippen molar-refractivity contribution in [1.29, 1.82) is 0 Å². The summed E-state index contributed by atoms with van der Waals surface area (Å²) in [4.78, 5) is 24.1. The largest absolute Gasteiger partial charge is 0.256 e. The molecule has 6 heteroatoms. The van der Waals surface area contributed by atoms with Gasteiger partial charge in [-0.2, -0.15) is 0 Å². The molecule has 0 aliphatic heterocycles. The highest BCUT2D eigenvalue weighted by Crippen LogP contribution is 2.39. The number of rotatable bonds is 4. The number of benzene rings is 5. The summed E-state index contributed by atoms with van der Waals surface area (Å²) in [7, 11) is 0. The van der Waals surface area contributed by atoms with Gasteiger partial charge < -0.3 is 0 Å². The van der Waals surface area contributed by atoms with Gasteiger partial charge in [-0.15, -0.1) is 0 Å². The summed E-state index contributed by atoms with van der Waals surface area (Å²) in [6.45, 7) is 0. The van der Waals surface area contributed by atoms with Gasteiger partial charge in [0.1, 0.15) is 0 Å². The molecule has 0 unspecified atom stereocenters. The first-order valence-corrected chi connectivity index (χ1v) is 14.3. The molecule has 0 atom stereocenters. The first kappa shape index (κ1) is 25.2. The van der Waals surface area contributed by atoms with Crippen LogP contribution in [0.1, 0.15) is 0 Å². The van der Waals surface area contributed by atoms with E-state index in [-0.39, 0.29) is 0 Å². The second-order valence-corrected chi connectivity index (χ2v) is 10.7. The smallest absolute Gasteiger partial charge is 0.164 e. The molecule has 5 nitrogen and oxygen atoms in total. The van der Waals surface area contributed by atoms with Crippen LogP contribution in [0.15, 0.2) is 134 Å². The standard InChI is InChI=1S/C37H22ClN5/c38-32-22-31-27-16-8-18-39-33(27)29(21-30(31)28-17-9-19-40-34(28)32)25-14-7-15-26(20-25)37-42-35(23-10-3-1-4-11-23)41-36(43-37)24-12-5-2-6-13-24/h1-22H. The predicted octanol–water partition coefficient (Wildman–Crippen LogP) is 9.44. The van der Waals surface area contributed by atoms with Crippen molar-refractivity contribution in [2.24, 2.45) is 0 Å². The molecule has 0 radical (unpaired) electrons. The van der Waals surface area contributed by atoms with Gasteiger partial charge >= 0.3 is 0 Å². The third-order valence-corrected chi connectivity index (χ3v) is 7.95. The monoisotopic (exact) mass is 571 g/mol. The van der Waals surface area contributed by atoms with Gasteiger partial charge in [0, 0.05) is 45.4 Å². The summed E-state index contributed by atoms with van der Waals surface area (Å²) in [5, 5.41) is 4.79. The van der Waals surface area contributed by atoms with Crippen LogP contribution in [0.4, 0.5) is 0 Å². The van der Waals surface area contributed by atoms with E-state index in [9.17, 15) is 0 Å². The first-order chi connectivity index (χ1) is 21.2. The fraction of sp³-hybridized carbons (Fsp3) is 0. The lowest BCUT2D eigenvalue weighted by molar-refractivity contribution is 1.07. The fourth-order valence-electron chi connectivity index (χ4n) is 5.64. The molecule has 5 aromatic carbocycles. The summed E-state index contributed by atoms with van der Waals surface area (Å²) in [6, 6.07) is 40.6. The molecule has 202 valence electrons. The summed E-state index contributed by atoms with van der Waals surface area (Å²) in [5.74, 6) is 1.86. The summed E-state index contributed by atoms with van der Waals surface area (Å²) >= 11 is 6.69. The van der Waals surface area contributed by atoms with Crippen LogP contribution in [-0.4, -0.2) is 24.9 Å². The molecular weight excluding hydrogens is 550 g/mol. The number of hydrogen-bond donors (Lipinski definition) is 0. The highest BCUT2D eigenvalue weighted by atomic mass is 35.5. The number of halogens is 1. The number of nitrogens with zero attached hydrogens (tertiary/aromatic N) is 5. The van der Waals surface area contributed by atoms with Gasteiger partial charge in [0.2, 0.25) is 0 Å². The SMILES string of the molecule is Clc1cc2c3cccnc3c(-c3cccc(-c4nc(-c5ccccc5)nc(-c5ccccc5)n4)c3)cc2c2cccnc12. The van der Waals surface area contributed by atoms with Crippen LogP contribution < -0.4 is 0 Å². The summed E-state index contributed by atoms with van der Waals surface area (Å²) in [6.07, 6.45) is 3.60. The zero-order valence-electron chi connectivity index (χ0n) is 22.8. The van der Waals surface area contributed by atoms with E-state index in [1.54, 1.807) is 6.20 Å². The van der Waals surface area contributed by atoms with Crippen LogP contribution in [0, 0.1) is 0 Å². The molecule has 0 spiro atoms. The molecule has 0 aliphatic carbocycles. The minimum absolute atomic E-state index is 0.606. The van der Waals surface area contributed by atoms with E-state index in [1.165, 1.54) is 0 Å². The van der Waals surface area contributed by atoms with Gasteiger partial charge in [0.05, 0.1) is 16.1 Å². The Morgan fingerprint density at radius 3 is 1.56 bits per heavy atom. The summed E-state index contributed by atoms with van der Waals surface area (Å²) in [5.41, 5.74) is 6.47. The molecular formula is C37H22ClN5. The number of fused-ring (bicyclic) bond motifs is 5. The lowest BCUT2D eigenvalue weighted by atomic mass is 9.93. The third kappa shape index (κ3) is 4.47. The van der Waals surface area contributed by atoms with E-state index < -0.39 is 0 Å². The molecule has 8 rings (SSSR count). The lowest BCUT2D eigenvalue weighted by Crippen LogP contribution is -2.00.